The zero-order valence-electron chi connectivity index (χ0n) is 75.6. The van der Waals surface area contributed by atoms with Crippen molar-refractivity contribution in [1.82, 2.24) is 63.4 Å². The van der Waals surface area contributed by atoms with E-state index in [9.17, 15) is 37.5 Å². The molecule has 10 aromatic rings. The number of hydrogen-bond acceptors (Lipinski definition) is 20. The molecule has 0 bridgehead atoms. The first-order valence-corrected chi connectivity index (χ1v) is 43.5. The van der Waals surface area contributed by atoms with Crippen molar-refractivity contribution < 1.29 is 78.5 Å². The number of aryl methyl sites for hydroxylation is 2. The van der Waals surface area contributed by atoms with E-state index in [0.717, 1.165) is 10.2 Å². The molecule has 3 N–H and O–H groups in total. The number of aromatic nitrogens is 10. The van der Waals surface area contributed by atoms with Crippen LogP contribution in [0.3, 0.4) is 0 Å². The van der Waals surface area contributed by atoms with Gasteiger partial charge in [-0.3, -0.25) is 14.4 Å². The van der Waals surface area contributed by atoms with Crippen molar-refractivity contribution in [2.45, 2.75) is 265 Å². The molecule has 0 atom stereocenters. The zero-order chi connectivity index (χ0) is 92.7. The average Bonchev–Trinajstić information content (AvgIpc) is 1.59. The van der Waals surface area contributed by atoms with Gasteiger partial charge in [0.1, 0.15) is 34.3 Å². The van der Waals surface area contributed by atoms with E-state index in [-0.39, 0.29) is 140 Å². The van der Waals surface area contributed by atoms with Crippen LogP contribution in [-0.4, -0.2) is 192 Å². The summed E-state index contributed by atoms with van der Waals surface area (Å²) in [5, 5.41) is 1.01. The lowest BCUT2D eigenvalue weighted by molar-refractivity contribution is -0.000936. The van der Waals surface area contributed by atoms with Crippen molar-refractivity contribution in [2.75, 3.05) is 39.3 Å². The molecule has 0 aliphatic carbocycles. The van der Waals surface area contributed by atoms with Crippen LogP contribution < -0.4 is 22.1 Å². The molecular formula is C88H111B3Br2F5N13O15. The number of carbonyl (C=O) groups is 3. The van der Waals surface area contributed by atoms with Gasteiger partial charge < -0.3 is 80.6 Å². The van der Waals surface area contributed by atoms with Gasteiger partial charge in [0.15, 0.2) is 39.9 Å². The Balaban J connectivity index is 0.000000149. The molecule has 6 saturated heterocycles. The van der Waals surface area contributed by atoms with Crippen LogP contribution in [0.2, 0.25) is 0 Å². The van der Waals surface area contributed by atoms with Gasteiger partial charge in [-0.15, -0.1) is 0 Å². The van der Waals surface area contributed by atoms with E-state index in [0.29, 0.717) is 59.7 Å². The molecule has 0 unspecified atom stereocenters. The zero-order valence-corrected chi connectivity index (χ0v) is 78.8. The molecule has 13 heterocycles. The van der Waals surface area contributed by atoms with Crippen molar-refractivity contribution in [2.24, 2.45) is 0 Å². The van der Waals surface area contributed by atoms with E-state index in [1.54, 1.807) is 157 Å². The second kappa shape index (κ2) is 35.0. The molecule has 6 aliphatic rings. The van der Waals surface area contributed by atoms with Crippen LogP contribution in [0.15, 0.2) is 115 Å². The van der Waals surface area contributed by atoms with Crippen LogP contribution in [0, 0.1) is 25.5 Å². The molecule has 126 heavy (non-hydrogen) atoms. The molecule has 38 heteroatoms. The van der Waals surface area contributed by atoms with Gasteiger partial charge in [-0.25, -0.2) is 61.3 Å². The first-order chi connectivity index (χ1) is 58.1. The largest absolute Gasteiger partial charge is 0.494 e. The molecular weight excluding hydrogens is 1770 g/mol. The average molecular weight is 1880 g/mol. The number of fused-ring (bicyclic) bond motifs is 5. The number of benzene rings is 3. The minimum absolute atomic E-state index is 0.0115. The van der Waals surface area contributed by atoms with Crippen molar-refractivity contribution in [3.63, 3.8) is 0 Å². The van der Waals surface area contributed by atoms with Gasteiger partial charge in [0, 0.05) is 117 Å². The van der Waals surface area contributed by atoms with E-state index in [2.05, 4.69) is 71.7 Å². The van der Waals surface area contributed by atoms with Crippen molar-refractivity contribution >= 4 is 121 Å². The van der Waals surface area contributed by atoms with E-state index in [4.69, 9.17) is 42.1 Å². The smallest absolute Gasteiger partial charge is 0.444 e. The number of pyridine rings is 2. The maximum atomic E-state index is 15.9. The summed E-state index contributed by atoms with van der Waals surface area (Å²) in [6.45, 7) is 44.8. The van der Waals surface area contributed by atoms with Gasteiger partial charge in [-0.2, -0.15) is 0 Å². The lowest BCUT2D eigenvalue weighted by atomic mass is 9.49. The third-order valence-electron chi connectivity index (χ3n) is 23.8. The van der Waals surface area contributed by atoms with Gasteiger partial charge in [-0.1, -0.05) is 28.1 Å². The summed E-state index contributed by atoms with van der Waals surface area (Å²) < 4.78 is 132. The highest BCUT2D eigenvalue weighted by molar-refractivity contribution is 9.10. The second-order valence-corrected chi connectivity index (χ2v) is 40.7. The Hall–Kier alpha value is -9.17. The maximum absolute atomic E-state index is 15.9. The van der Waals surface area contributed by atoms with E-state index < -0.39 is 101 Å². The fraction of sp³-hybridized carbons (Fsp3) is 0.534. The number of alkyl halides is 3. The molecule has 16 rings (SSSR count). The number of likely N-dealkylation sites (tertiary alicyclic amines) is 3. The Bertz CT molecular complexity index is 5900. The minimum atomic E-state index is -1.88. The fourth-order valence-corrected chi connectivity index (χ4v) is 15.4. The lowest BCUT2D eigenvalue weighted by Gasteiger charge is -2.36. The molecule has 28 nitrogen and oxygen atoms in total. The number of aromatic amines is 3. The minimum Gasteiger partial charge on any atom is -0.444 e. The van der Waals surface area contributed by atoms with Crippen LogP contribution in [0.1, 0.15) is 213 Å². The first-order valence-electron chi connectivity index (χ1n) is 42.0. The molecule has 0 spiro atoms. The van der Waals surface area contributed by atoms with Crippen molar-refractivity contribution in [1.29, 1.82) is 0 Å². The second-order valence-electron chi connectivity index (χ2n) is 38.9. The number of nitrogens with one attached hydrogen (secondary N) is 3. The number of hydrogen-bond donors (Lipinski definition) is 3. The van der Waals surface area contributed by atoms with Gasteiger partial charge in [0.2, 0.25) is 0 Å². The van der Waals surface area contributed by atoms with E-state index in [1.807, 2.05) is 90.0 Å². The normalized spacial score (nSPS) is 19.6. The summed E-state index contributed by atoms with van der Waals surface area (Å²) in [6.07, 6.45) is 5.73. The van der Waals surface area contributed by atoms with E-state index >= 15 is 13.2 Å². The summed E-state index contributed by atoms with van der Waals surface area (Å²) in [5.74, 6) is -0.839. The van der Waals surface area contributed by atoms with Gasteiger partial charge >= 0.3 is 39.4 Å². The van der Waals surface area contributed by atoms with Crippen molar-refractivity contribution in [3.05, 3.63) is 172 Å². The molecule has 0 saturated carbocycles. The number of ether oxygens (including phenoxy) is 3. The van der Waals surface area contributed by atoms with Crippen molar-refractivity contribution in [3.8, 4) is 11.1 Å². The Morgan fingerprint density at radius 1 is 0.405 bits per heavy atom. The molecule has 3 aromatic carbocycles. The predicted molar refractivity (Wildman–Crippen MR) is 479 cm³/mol. The molecule has 7 aromatic heterocycles. The highest BCUT2D eigenvalue weighted by atomic mass is 79.9. The van der Waals surface area contributed by atoms with Gasteiger partial charge in [-0.05, 0) is 241 Å². The Morgan fingerprint density at radius 3 is 1.09 bits per heavy atom. The number of nitrogens with zero attached hydrogens (tertiary/aromatic N) is 10. The lowest BCUT2D eigenvalue weighted by Crippen LogP contribution is -2.46. The highest BCUT2D eigenvalue weighted by Gasteiger charge is 2.64. The molecule has 6 fully saturated rings. The Labute approximate surface area is 745 Å². The van der Waals surface area contributed by atoms with Crippen LogP contribution in [-0.2, 0) is 59.1 Å². The number of halogens is 7. The SMILES string of the molecule is CC(C)(C)OC(=O)N1CCC(F)(c2nc3ccc(B4OC(C)(C)C(C)(C)O4)cc3c(=O)[nH]2)CC1.CC(C)(C)OC(=O)N1CCC(F)(c2nc3ccc(Br)cc3c(=O)[nH]2)CC1.CC1(C)OB(B2OC(C)(C)C(C)(C)O2)OC1(C)C.Cc1cn2cc(-c3ccc4nc(C5(F)CCN(C(=O)OC(C)(C)C)CC5)[nH]c(=O)c4c3)cc(F)c2n1.Cc1cn2cc(Br)cc(F)c2n1. The van der Waals surface area contributed by atoms with Gasteiger partial charge in [0.05, 0.1) is 77.7 Å². The quantitative estimate of drug-likeness (QED) is 0.0791. The van der Waals surface area contributed by atoms with Crippen LogP contribution >= 0.6 is 31.9 Å². The summed E-state index contributed by atoms with van der Waals surface area (Å²) >= 11 is 6.51. The Morgan fingerprint density at radius 2 is 0.722 bits per heavy atom. The molecule has 6 aliphatic heterocycles. The molecule has 3 amide bonds. The highest BCUT2D eigenvalue weighted by Crippen LogP contribution is 2.45. The first kappa shape index (κ1) is 95.9. The summed E-state index contributed by atoms with van der Waals surface area (Å²) in [4.78, 5) is 108. The number of rotatable bonds is 6. The third kappa shape index (κ3) is 21.4. The predicted octanol–water partition coefficient (Wildman–Crippen LogP) is 17.0. The number of H-pyrrole nitrogens is 3. The number of piperidine rings is 3. The fourth-order valence-electron chi connectivity index (χ4n) is 14.7. The van der Waals surface area contributed by atoms with E-state index in [1.165, 1.54) is 26.8 Å². The number of imidazole rings is 2. The summed E-state index contributed by atoms with van der Waals surface area (Å²) in [5.41, 5.74) is -5.91. The number of carbonyl (C=O) groups excluding carboxylic acids is 3. The van der Waals surface area contributed by atoms with Gasteiger partial charge in [0.25, 0.3) is 16.7 Å². The summed E-state index contributed by atoms with van der Waals surface area (Å²) in [7, 11) is -1.56. The van der Waals surface area contributed by atoms with Crippen LogP contribution in [0.4, 0.5) is 36.3 Å². The molecule has 0 radical (unpaired) electrons. The molecule has 676 valence electrons. The van der Waals surface area contributed by atoms with Crippen LogP contribution in [0.25, 0.3) is 55.1 Å². The monoisotopic (exact) mass is 1880 g/mol. The van der Waals surface area contributed by atoms with Crippen LogP contribution in [0.5, 0.6) is 0 Å². The summed E-state index contributed by atoms with van der Waals surface area (Å²) in [6, 6.07) is 18.0. The third-order valence-corrected chi connectivity index (χ3v) is 24.8. The Kier molecular flexibility index (Phi) is 26.7. The number of amides is 3. The maximum Gasteiger partial charge on any atom is 0.494 e. The topological polar surface area (TPSA) is 316 Å². The standard InChI is InChI=1S/C26H27F2N5O3.C24H33BFN3O5.C18H21BrFN3O3.C12H24B2O4.C8H6BrFN2/c1-15-13-33-14-17(12-19(27)21(33)29-15)16-5-6-20-18(11-16)22(34)31-23(30-20)26(28)7-9-32(10-8-26)24(35)36-25(2,3)4;1-21(2,3)32-20(31)29-12-10-24(26,11-13-29)19-27-17-9-8-15(14-16(17)18(30)28-19)25-33-22(4,5)23(6,7)34-25;1-17(2,3)26-16(25)23-8-6-18(20,7-9-23)15-21-13-5-4-11(19)10-12(13)14(24)22-15;1-9(2)10(3,4)16-13(15-9)14-17-11(5,6)12(7,8)18-14;1-5-3-12-4-6(9)2-7(10)8(12)11-5/h5-6,11-14H,7-10H2,1-4H3,(H,30,31,34);8-9,14H,10-13H2,1-7H3,(H,27,28,30);4-5,10H,6-9H2,1-3H3,(H,21,22,24);1-8H3;2-4H,1H3.